The average Bonchev–Trinajstić information content (AvgIpc) is 2.43. The summed E-state index contributed by atoms with van der Waals surface area (Å²) in [5.74, 6) is 9.20. The molecule has 0 aromatic heterocycles. The van der Waals surface area contributed by atoms with Crippen molar-refractivity contribution in [3.8, 4) is 11.5 Å². The number of ether oxygens (including phenoxy) is 2. The third-order valence-electron chi connectivity index (χ3n) is 2.73. The van der Waals surface area contributed by atoms with E-state index in [2.05, 4.69) is 28.3 Å². The van der Waals surface area contributed by atoms with Crippen molar-refractivity contribution in [2.24, 2.45) is 5.84 Å². The minimum Gasteiger partial charge on any atom is -0.495 e. The molecule has 19 heavy (non-hydrogen) atoms. The highest BCUT2D eigenvalue weighted by molar-refractivity contribution is 9.10. The van der Waals surface area contributed by atoms with Gasteiger partial charge in [0.15, 0.2) is 0 Å². The summed E-state index contributed by atoms with van der Waals surface area (Å²) in [7, 11) is 3.28. The van der Waals surface area contributed by atoms with Crippen LogP contribution >= 0.6 is 27.7 Å². The van der Waals surface area contributed by atoms with Gasteiger partial charge in [-0.1, -0.05) is 6.92 Å². The van der Waals surface area contributed by atoms with Gasteiger partial charge in [0.25, 0.3) is 0 Å². The highest BCUT2D eigenvalue weighted by Gasteiger charge is 2.19. The maximum absolute atomic E-state index is 5.67. The van der Waals surface area contributed by atoms with Crippen molar-refractivity contribution in [1.29, 1.82) is 0 Å². The summed E-state index contributed by atoms with van der Waals surface area (Å²) < 4.78 is 11.6. The monoisotopic (exact) mass is 348 g/mol. The van der Waals surface area contributed by atoms with E-state index in [0.717, 1.165) is 39.5 Å². The third-order valence-corrected chi connectivity index (χ3v) is 4.74. The van der Waals surface area contributed by atoms with Crippen LogP contribution in [0.15, 0.2) is 16.6 Å². The predicted molar refractivity (Wildman–Crippen MR) is 84.9 cm³/mol. The molecule has 1 rings (SSSR count). The van der Waals surface area contributed by atoms with Crippen molar-refractivity contribution in [3.63, 3.8) is 0 Å². The quantitative estimate of drug-likeness (QED) is 0.429. The molecule has 108 valence electrons. The summed E-state index contributed by atoms with van der Waals surface area (Å²) in [6, 6.07) is 3.95. The lowest BCUT2D eigenvalue weighted by molar-refractivity contribution is 0.382. The largest absolute Gasteiger partial charge is 0.495 e. The number of benzene rings is 1. The van der Waals surface area contributed by atoms with E-state index in [1.54, 1.807) is 14.2 Å². The molecule has 0 fully saturated rings. The number of nitrogens with one attached hydrogen (secondary N) is 1. The van der Waals surface area contributed by atoms with Crippen LogP contribution in [0.3, 0.4) is 0 Å². The number of thioether (sulfide) groups is 1. The van der Waals surface area contributed by atoms with Gasteiger partial charge in [-0.2, -0.15) is 11.8 Å². The second-order valence-corrected chi connectivity index (χ2v) is 5.94. The van der Waals surface area contributed by atoms with E-state index in [1.165, 1.54) is 0 Å². The Bertz CT molecular complexity index is 404. The highest BCUT2D eigenvalue weighted by Crippen LogP contribution is 2.40. The number of nitrogens with two attached hydrogens (primary N) is 1. The van der Waals surface area contributed by atoms with Crippen molar-refractivity contribution in [1.82, 2.24) is 5.43 Å². The molecule has 0 heterocycles. The fourth-order valence-corrected chi connectivity index (χ4v) is 3.42. The van der Waals surface area contributed by atoms with Crippen molar-refractivity contribution in [2.45, 2.75) is 19.4 Å². The average molecular weight is 349 g/mol. The predicted octanol–water partition coefficient (Wildman–Crippen LogP) is 3.11. The molecule has 0 saturated heterocycles. The second kappa shape index (κ2) is 8.68. The zero-order valence-electron chi connectivity index (χ0n) is 11.5. The van der Waals surface area contributed by atoms with Crippen LogP contribution in [0.5, 0.6) is 11.5 Å². The van der Waals surface area contributed by atoms with Gasteiger partial charge in [-0.3, -0.25) is 11.3 Å². The van der Waals surface area contributed by atoms with Gasteiger partial charge >= 0.3 is 0 Å². The van der Waals surface area contributed by atoms with E-state index in [-0.39, 0.29) is 6.04 Å². The number of halogens is 1. The van der Waals surface area contributed by atoms with E-state index >= 15 is 0 Å². The topological polar surface area (TPSA) is 56.5 Å². The Morgan fingerprint density at radius 1 is 1.37 bits per heavy atom. The molecule has 0 radical (unpaired) electrons. The van der Waals surface area contributed by atoms with Crippen LogP contribution in [0, 0.1) is 0 Å². The normalized spacial score (nSPS) is 12.3. The molecule has 1 aromatic carbocycles. The lowest BCUT2D eigenvalue weighted by atomic mass is 10.1. The Kier molecular flexibility index (Phi) is 7.60. The van der Waals surface area contributed by atoms with Crippen molar-refractivity contribution in [2.75, 3.05) is 25.7 Å². The standard InChI is InChI=1S/C13H21BrN2O2S/c1-4-7-19-8-10(16-15)9-5-6-11(17-2)12(14)13(9)18-3/h5-6,10,16H,4,7-8,15H2,1-3H3. The molecule has 0 amide bonds. The summed E-state index contributed by atoms with van der Waals surface area (Å²) >= 11 is 5.38. The first-order valence-corrected chi connectivity index (χ1v) is 8.08. The van der Waals surface area contributed by atoms with Gasteiger partial charge in [0.05, 0.1) is 20.3 Å². The minimum absolute atomic E-state index is 0.0497. The molecular formula is C13H21BrN2O2S. The van der Waals surface area contributed by atoms with Crippen LogP contribution in [0.1, 0.15) is 24.9 Å². The molecule has 0 saturated carbocycles. The molecule has 4 nitrogen and oxygen atoms in total. The van der Waals surface area contributed by atoms with E-state index < -0.39 is 0 Å². The van der Waals surface area contributed by atoms with Gasteiger partial charge in [0.1, 0.15) is 16.0 Å². The van der Waals surface area contributed by atoms with Gasteiger partial charge in [-0.25, -0.2) is 0 Å². The third kappa shape index (κ3) is 4.27. The van der Waals surface area contributed by atoms with Crippen molar-refractivity contribution >= 4 is 27.7 Å². The summed E-state index contributed by atoms with van der Waals surface area (Å²) in [6.07, 6.45) is 1.16. The van der Waals surface area contributed by atoms with Crippen molar-refractivity contribution < 1.29 is 9.47 Å². The van der Waals surface area contributed by atoms with E-state index in [4.69, 9.17) is 15.3 Å². The van der Waals surface area contributed by atoms with Gasteiger partial charge in [0, 0.05) is 11.3 Å². The number of hydrogen-bond donors (Lipinski definition) is 2. The highest BCUT2D eigenvalue weighted by atomic mass is 79.9. The molecule has 0 aliphatic carbocycles. The molecule has 1 aromatic rings. The van der Waals surface area contributed by atoms with E-state index in [9.17, 15) is 0 Å². The molecule has 0 aliphatic heterocycles. The molecule has 0 aliphatic rings. The summed E-state index contributed by atoms with van der Waals surface area (Å²) in [4.78, 5) is 0. The zero-order chi connectivity index (χ0) is 14.3. The molecule has 1 unspecified atom stereocenters. The Morgan fingerprint density at radius 3 is 2.63 bits per heavy atom. The zero-order valence-corrected chi connectivity index (χ0v) is 13.9. The molecule has 3 N–H and O–H groups in total. The smallest absolute Gasteiger partial charge is 0.141 e. The van der Waals surface area contributed by atoms with Gasteiger partial charge in [0.2, 0.25) is 0 Å². The molecule has 0 spiro atoms. The number of methoxy groups -OCH3 is 2. The maximum Gasteiger partial charge on any atom is 0.141 e. The molecule has 0 bridgehead atoms. The number of rotatable bonds is 8. The fourth-order valence-electron chi connectivity index (χ4n) is 1.77. The van der Waals surface area contributed by atoms with Crippen LogP contribution in [-0.4, -0.2) is 25.7 Å². The van der Waals surface area contributed by atoms with Crippen LogP contribution in [-0.2, 0) is 0 Å². The molecule has 1 atom stereocenters. The number of hydrogen-bond acceptors (Lipinski definition) is 5. The van der Waals surface area contributed by atoms with E-state index in [0.29, 0.717) is 0 Å². The first-order chi connectivity index (χ1) is 9.19. The molecular weight excluding hydrogens is 328 g/mol. The molecule has 6 heteroatoms. The van der Waals surface area contributed by atoms with Crippen LogP contribution in [0.25, 0.3) is 0 Å². The Hall–Kier alpha value is -0.430. The number of hydrazine groups is 1. The van der Waals surface area contributed by atoms with Crippen LogP contribution in [0.4, 0.5) is 0 Å². The lowest BCUT2D eigenvalue weighted by Gasteiger charge is -2.20. The SMILES string of the molecule is CCCSCC(NN)c1ccc(OC)c(Br)c1OC. The van der Waals surface area contributed by atoms with Crippen LogP contribution in [0.2, 0.25) is 0 Å². The Labute approximate surface area is 127 Å². The summed E-state index contributed by atoms with van der Waals surface area (Å²) in [5, 5.41) is 0. The summed E-state index contributed by atoms with van der Waals surface area (Å²) in [5.41, 5.74) is 3.88. The minimum atomic E-state index is 0.0497. The van der Waals surface area contributed by atoms with Gasteiger partial charge < -0.3 is 9.47 Å². The first kappa shape index (κ1) is 16.6. The second-order valence-electron chi connectivity index (χ2n) is 4.00. The van der Waals surface area contributed by atoms with E-state index in [1.807, 2.05) is 23.9 Å². The lowest BCUT2D eigenvalue weighted by Crippen LogP contribution is -2.30. The Balaban J connectivity index is 2.99. The van der Waals surface area contributed by atoms with Crippen LogP contribution < -0.4 is 20.7 Å². The van der Waals surface area contributed by atoms with Gasteiger partial charge in [-0.15, -0.1) is 0 Å². The Morgan fingerprint density at radius 2 is 2.11 bits per heavy atom. The fraction of sp³-hybridized carbons (Fsp3) is 0.538. The first-order valence-electron chi connectivity index (χ1n) is 6.13. The summed E-state index contributed by atoms with van der Waals surface area (Å²) in [6.45, 7) is 2.17. The van der Waals surface area contributed by atoms with Crippen molar-refractivity contribution in [3.05, 3.63) is 22.2 Å². The maximum atomic E-state index is 5.67. The van der Waals surface area contributed by atoms with Gasteiger partial charge in [-0.05, 0) is 40.2 Å².